The number of hydrogen-bond donors (Lipinski definition) is 2. The molecule has 20 heavy (non-hydrogen) atoms. The van der Waals surface area contributed by atoms with Crippen molar-refractivity contribution in [2.24, 2.45) is 0 Å². The monoisotopic (exact) mass is 274 g/mol. The molecule has 0 bridgehead atoms. The van der Waals surface area contributed by atoms with Crippen molar-refractivity contribution in [3.05, 3.63) is 70.5 Å². The van der Waals surface area contributed by atoms with Gasteiger partial charge in [-0.25, -0.2) is 14.0 Å². The third-order valence-electron chi connectivity index (χ3n) is 2.91. The lowest BCUT2D eigenvalue weighted by molar-refractivity contribution is 0.0696. The van der Waals surface area contributed by atoms with E-state index in [2.05, 4.69) is 0 Å². The number of rotatable bonds is 4. The molecule has 2 aromatic carbocycles. The van der Waals surface area contributed by atoms with Crippen LogP contribution in [0.4, 0.5) is 4.39 Å². The quantitative estimate of drug-likeness (QED) is 0.899. The molecule has 0 saturated carbocycles. The van der Waals surface area contributed by atoms with Crippen molar-refractivity contribution in [1.29, 1.82) is 0 Å². The van der Waals surface area contributed by atoms with Gasteiger partial charge in [0, 0.05) is 0 Å². The van der Waals surface area contributed by atoms with Crippen molar-refractivity contribution < 1.29 is 24.2 Å². The molecule has 0 heterocycles. The molecule has 2 aromatic rings. The molecule has 0 saturated heterocycles. The van der Waals surface area contributed by atoms with Crippen LogP contribution in [0, 0.1) is 5.82 Å². The highest BCUT2D eigenvalue weighted by Crippen LogP contribution is 2.20. The van der Waals surface area contributed by atoms with Crippen LogP contribution in [-0.2, 0) is 6.42 Å². The molecule has 0 amide bonds. The molecule has 0 unspecified atom stereocenters. The molecule has 2 N–H and O–H groups in total. The third kappa shape index (κ3) is 2.83. The van der Waals surface area contributed by atoms with Gasteiger partial charge in [0.1, 0.15) is 5.82 Å². The lowest BCUT2D eigenvalue weighted by Gasteiger charge is -2.10. The van der Waals surface area contributed by atoms with Crippen LogP contribution in [0.3, 0.4) is 0 Å². The van der Waals surface area contributed by atoms with Crippen LogP contribution < -0.4 is 0 Å². The second-order valence-corrected chi connectivity index (χ2v) is 4.25. The minimum atomic E-state index is -1.21. The molecule has 5 heteroatoms. The van der Waals surface area contributed by atoms with Crippen molar-refractivity contribution in [3.63, 3.8) is 0 Å². The molecule has 102 valence electrons. The lowest BCUT2D eigenvalue weighted by atomic mass is 9.94. The summed E-state index contributed by atoms with van der Waals surface area (Å²) in [6.45, 7) is 0. The van der Waals surface area contributed by atoms with E-state index < -0.39 is 17.8 Å². The van der Waals surface area contributed by atoms with Gasteiger partial charge in [-0.1, -0.05) is 18.2 Å². The molecule has 0 atom stereocenters. The molecular formula is C15H11FO4. The van der Waals surface area contributed by atoms with Crippen molar-refractivity contribution in [3.8, 4) is 0 Å². The zero-order chi connectivity index (χ0) is 14.7. The number of carboxylic acid groups (broad SMARTS) is 2. The Bertz CT molecular complexity index is 647. The van der Waals surface area contributed by atoms with Crippen LogP contribution in [0.1, 0.15) is 31.8 Å². The topological polar surface area (TPSA) is 74.6 Å². The molecule has 0 aromatic heterocycles. The van der Waals surface area contributed by atoms with E-state index in [0.717, 1.165) is 0 Å². The number of carboxylic acids is 2. The Kier molecular flexibility index (Phi) is 3.79. The maximum atomic E-state index is 13.2. The normalized spacial score (nSPS) is 10.2. The van der Waals surface area contributed by atoms with Gasteiger partial charge in [-0.05, 0) is 41.8 Å². The Hall–Kier alpha value is -2.69. The fraction of sp³-hybridized carbons (Fsp3) is 0.0667. The Morgan fingerprint density at radius 3 is 2.00 bits per heavy atom. The SMILES string of the molecule is O=C(O)c1cccc(C(=O)O)c1Cc1cccc(F)c1. The summed E-state index contributed by atoms with van der Waals surface area (Å²) in [7, 11) is 0. The van der Waals surface area contributed by atoms with Gasteiger partial charge < -0.3 is 10.2 Å². The predicted molar refractivity (Wildman–Crippen MR) is 69.6 cm³/mol. The van der Waals surface area contributed by atoms with E-state index >= 15 is 0 Å². The van der Waals surface area contributed by atoms with Gasteiger partial charge >= 0.3 is 11.9 Å². The Labute approximate surface area is 114 Å². The molecule has 0 spiro atoms. The molecule has 0 aliphatic carbocycles. The summed E-state index contributed by atoms with van der Waals surface area (Å²) in [6.07, 6.45) is 0.0435. The van der Waals surface area contributed by atoms with Crippen LogP contribution in [0.2, 0.25) is 0 Å². The Morgan fingerprint density at radius 1 is 0.950 bits per heavy atom. The summed E-state index contributed by atoms with van der Waals surface area (Å²) in [6, 6.07) is 9.69. The molecule has 0 aliphatic heterocycles. The van der Waals surface area contributed by atoms with E-state index in [9.17, 15) is 14.0 Å². The van der Waals surface area contributed by atoms with Gasteiger partial charge in [0.2, 0.25) is 0 Å². The second kappa shape index (κ2) is 5.52. The minimum Gasteiger partial charge on any atom is -0.478 e. The Balaban J connectivity index is 2.53. The van der Waals surface area contributed by atoms with E-state index in [-0.39, 0.29) is 23.1 Å². The van der Waals surface area contributed by atoms with Gasteiger partial charge in [0.25, 0.3) is 0 Å². The summed E-state index contributed by atoms with van der Waals surface area (Å²) in [5.41, 5.74) is 0.502. The second-order valence-electron chi connectivity index (χ2n) is 4.25. The first-order chi connectivity index (χ1) is 9.49. The molecule has 0 fully saturated rings. The first-order valence-corrected chi connectivity index (χ1v) is 5.82. The largest absolute Gasteiger partial charge is 0.478 e. The smallest absolute Gasteiger partial charge is 0.336 e. The number of benzene rings is 2. The molecule has 0 aliphatic rings. The van der Waals surface area contributed by atoms with Crippen LogP contribution in [0.25, 0.3) is 0 Å². The van der Waals surface area contributed by atoms with Gasteiger partial charge in [-0.15, -0.1) is 0 Å². The summed E-state index contributed by atoms with van der Waals surface area (Å²) in [5.74, 6) is -2.87. The summed E-state index contributed by atoms with van der Waals surface area (Å²) >= 11 is 0. The van der Waals surface area contributed by atoms with Crippen LogP contribution in [0.5, 0.6) is 0 Å². The molecule has 2 rings (SSSR count). The van der Waals surface area contributed by atoms with Crippen molar-refractivity contribution >= 4 is 11.9 Å². The average molecular weight is 274 g/mol. The van der Waals surface area contributed by atoms with Crippen LogP contribution in [0.15, 0.2) is 42.5 Å². The average Bonchev–Trinajstić information content (AvgIpc) is 2.38. The fourth-order valence-corrected chi connectivity index (χ4v) is 2.03. The summed E-state index contributed by atoms with van der Waals surface area (Å²) < 4.78 is 13.2. The zero-order valence-corrected chi connectivity index (χ0v) is 10.3. The van der Waals surface area contributed by atoms with Crippen LogP contribution in [-0.4, -0.2) is 22.2 Å². The molecule has 0 radical (unpaired) electrons. The van der Waals surface area contributed by atoms with E-state index in [0.29, 0.717) is 5.56 Å². The zero-order valence-electron chi connectivity index (χ0n) is 10.3. The maximum Gasteiger partial charge on any atom is 0.336 e. The van der Waals surface area contributed by atoms with Crippen molar-refractivity contribution in [1.82, 2.24) is 0 Å². The first kappa shape index (κ1) is 13.7. The third-order valence-corrected chi connectivity index (χ3v) is 2.91. The standard InChI is InChI=1S/C15H11FO4/c16-10-4-1-3-9(7-10)8-13-11(14(17)18)5-2-6-12(13)15(19)20/h1-7H,8H2,(H,17,18)(H,19,20). The minimum absolute atomic E-state index is 0.0435. The van der Waals surface area contributed by atoms with Crippen molar-refractivity contribution in [2.45, 2.75) is 6.42 Å². The highest BCUT2D eigenvalue weighted by molar-refractivity contribution is 5.96. The van der Waals surface area contributed by atoms with E-state index in [1.807, 2.05) is 0 Å². The van der Waals surface area contributed by atoms with Gasteiger partial charge in [0.05, 0.1) is 11.1 Å². The van der Waals surface area contributed by atoms with E-state index in [4.69, 9.17) is 10.2 Å². The Morgan fingerprint density at radius 2 is 1.50 bits per heavy atom. The lowest BCUT2D eigenvalue weighted by Crippen LogP contribution is -2.10. The fourth-order valence-electron chi connectivity index (χ4n) is 2.03. The van der Waals surface area contributed by atoms with Gasteiger partial charge in [-0.3, -0.25) is 0 Å². The number of halogens is 1. The van der Waals surface area contributed by atoms with Crippen LogP contribution >= 0.6 is 0 Å². The number of carbonyl (C=O) groups is 2. The van der Waals surface area contributed by atoms with E-state index in [1.54, 1.807) is 6.07 Å². The summed E-state index contributed by atoms with van der Waals surface area (Å²) in [4.78, 5) is 22.4. The summed E-state index contributed by atoms with van der Waals surface area (Å²) in [5, 5.41) is 18.3. The highest BCUT2D eigenvalue weighted by Gasteiger charge is 2.18. The maximum absolute atomic E-state index is 13.2. The number of hydrogen-bond acceptors (Lipinski definition) is 2. The highest BCUT2D eigenvalue weighted by atomic mass is 19.1. The van der Waals surface area contributed by atoms with Crippen molar-refractivity contribution in [2.75, 3.05) is 0 Å². The predicted octanol–water partition coefficient (Wildman–Crippen LogP) is 2.81. The molecular weight excluding hydrogens is 263 g/mol. The molecule has 4 nitrogen and oxygen atoms in total. The van der Waals surface area contributed by atoms with Gasteiger partial charge in [0.15, 0.2) is 0 Å². The van der Waals surface area contributed by atoms with E-state index in [1.165, 1.54) is 36.4 Å². The first-order valence-electron chi connectivity index (χ1n) is 5.82. The number of aromatic carboxylic acids is 2. The van der Waals surface area contributed by atoms with Gasteiger partial charge in [-0.2, -0.15) is 0 Å².